The van der Waals surface area contributed by atoms with E-state index in [1.54, 1.807) is 38.7 Å². The van der Waals surface area contributed by atoms with Gasteiger partial charge in [-0.3, -0.25) is 9.69 Å². The number of nitrogen functional groups attached to an aromatic ring is 1. The zero-order valence-corrected chi connectivity index (χ0v) is 17.3. The Balaban J connectivity index is 1.40. The summed E-state index contributed by atoms with van der Waals surface area (Å²) >= 11 is 0. The Kier molecular flexibility index (Phi) is 5.89. The number of carbonyl (C=O) groups is 1. The van der Waals surface area contributed by atoms with E-state index < -0.39 is 0 Å². The number of anilines is 1. The zero-order valence-electron chi connectivity index (χ0n) is 17.3. The Morgan fingerprint density at radius 1 is 1.03 bits per heavy atom. The van der Waals surface area contributed by atoms with Gasteiger partial charge in [0.25, 0.3) is 5.91 Å². The molecule has 9 heteroatoms. The van der Waals surface area contributed by atoms with E-state index in [1.165, 1.54) is 0 Å². The number of hydrogen-bond acceptors (Lipinski definition) is 8. The number of hydrogen-bond donors (Lipinski definition) is 1. The van der Waals surface area contributed by atoms with Gasteiger partial charge in [0.15, 0.2) is 11.5 Å². The maximum Gasteiger partial charge on any atom is 0.272 e. The molecule has 2 fully saturated rings. The summed E-state index contributed by atoms with van der Waals surface area (Å²) in [5, 5.41) is 0. The standard InChI is InChI=1S/C21H27N5O4/c1-28-17-10-20(22)24-11-15(17)14-3-5-26(6-4-14)21(27)16-9-18(29-2)19(12-23-16)30-13-25-7-8-25/h9-12,14H,3-8,13H2,1-2H3,(H2,22,24). The number of carbonyl (C=O) groups excluding carboxylic acids is 1. The van der Waals surface area contributed by atoms with E-state index in [4.69, 9.17) is 19.9 Å². The number of amides is 1. The van der Waals surface area contributed by atoms with Crippen LogP contribution in [0.1, 0.15) is 34.8 Å². The molecule has 4 rings (SSSR count). The van der Waals surface area contributed by atoms with Gasteiger partial charge in [0.1, 0.15) is 24.0 Å². The number of nitrogens with two attached hydrogens (primary N) is 1. The first-order valence-electron chi connectivity index (χ1n) is 10.1. The van der Waals surface area contributed by atoms with Crippen molar-refractivity contribution in [2.45, 2.75) is 18.8 Å². The first-order chi connectivity index (χ1) is 14.6. The molecule has 0 aliphatic carbocycles. The highest BCUT2D eigenvalue weighted by molar-refractivity contribution is 5.93. The summed E-state index contributed by atoms with van der Waals surface area (Å²) in [6.07, 6.45) is 4.98. The van der Waals surface area contributed by atoms with Crippen LogP contribution in [0.15, 0.2) is 24.5 Å². The molecule has 30 heavy (non-hydrogen) atoms. The number of rotatable bonds is 7. The molecule has 0 atom stereocenters. The molecule has 0 radical (unpaired) electrons. The molecular weight excluding hydrogens is 386 g/mol. The van der Waals surface area contributed by atoms with Gasteiger partial charge in [-0.25, -0.2) is 9.97 Å². The van der Waals surface area contributed by atoms with Gasteiger partial charge in [0.05, 0.1) is 20.4 Å². The summed E-state index contributed by atoms with van der Waals surface area (Å²) in [5.74, 6) is 2.41. The van der Waals surface area contributed by atoms with Crippen LogP contribution in [0.3, 0.4) is 0 Å². The molecule has 2 N–H and O–H groups in total. The van der Waals surface area contributed by atoms with Crippen molar-refractivity contribution in [3.05, 3.63) is 35.8 Å². The molecule has 2 aromatic heterocycles. The Labute approximate surface area is 175 Å². The van der Waals surface area contributed by atoms with Crippen LogP contribution in [0.2, 0.25) is 0 Å². The zero-order chi connectivity index (χ0) is 21.1. The second-order valence-electron chi connectivity index (χ2n) is 7.53. The second-order valence-corrected chi connectivity index (χ2v) is 7.53. The van der Waals surface area contributed by atoms with Gasteiger partial charge in [-0.2, -0.15) is 0 Å². The van der Waals surface area contributed by atoms with Crippen molar-refractivity contribution in [3.8, 4) is 17.2 Å². The summed E-state index contributed by atoms with van der Waals surface area (Å²) < 4.78 is 16.6. The molecule has 0 saturated carbocycles. The predicted octanol–water partition coefficient (Wildman–Crippen LogP) is 1.75. The fourth-order valence-electron chi connectivity index (χ4n) is 3.67. The molecule has 0 bridgehead atoms. The number of pyridine rings is 2. The number of likely N-dealkylation sites (tertiary alicyclic amines) is 1. The third kappa shape index (κ3) is 4.40. The van der Waals surface area contributed by atoms with Gasteiger partial charge < -0.3 is 24.8 Å². The third-order valence-electron chi connectivity index (χ3n) is 5.57. The van der Waals surface area contributed by atoms with Crippen LogP contribution < -0.4 is 19.9 Å². The lowest BCUT2D eigenvalue weighted by Crippen LogP contribution is -2.38. The Hall–Kier alpha value is -3.07. The molecule has 0 unspecified atom stereocenters. The molecule has 0 aromatic carbocycles. The minimum absolute atomic E-state index is 0.105. The van der Waals surface area contributed by atoms with Crippen LogP contribution in [0.5, 0.6) is 17.2 Å². The van der Waals surface area contributed by atoms with Gasteiger partial charge in [0, 0.05) is 50.1 Å². The molecule has 2 saturated heterocycles. The van der Waals surface area contributed by atoms with Crippen LogP contribution in [0.4, 0.5) is 5.82 Å². The number of methoxy groups -OCH3 is 2. The summed E-state index contributed by atoms with van der Waals surface area (Å²) in [7, 11) is 3.19. The summed E-state index contributed by atoms with van der Waals surface area (Å²) in [4.78, 5) is 25.4. The van der Waals surface area contributed by atoms with E-state index in [2.05, 4.69) is 14.9 Å². The van der Waals surface area contributed by atoms with Crippen molar-refractivity contribution in [1.29, 1.82) is 0 Å². The largest absolute Gasteiger partial charge is 0.496 e. The normalized spacial score (nSPS) is 16.9. The average Bonchev–Trinajstić information content (AvgIpc) is 3.61. The van der Waals surface area contributed by atoms with Crippen LogP contribution in [0, 0.1) is 0 Å². The first-order valence-corrected chi connectivity index (χ1v) is 10.1. The minimum Gasteiger partial charge on any atom is -0.496 e. The van der Waals surface area contributed by atoms with Gasteiger partial charge in [-0.05, 0) is 18.8 Å². The molecule has 4 heterocycles. The van der Waals surface area contributed by atoms with Crippen molar-refractivity contribution < 1.29 is 19.0 Å². The molecule has 1 amide bonds. The van der Waals surface area contributed by atoms with Crippen LogP contribution in [0.25, 0.3) is 0 Å². The topological polar surface area (TPSA) is 103 Å². The summed E-state index contributed by atoms with van der Waals surface area (Å²) in [6, 6.07) is 3.39. The highest BCUT2D eigenvalue weighted by Gasteiger charge is 2.28. The van der Waals surface area contributed by atoms with Crippen molar-refractivity contribution in [1.82, 2.24) is 19.8 Å². The summed E-state index contributed by atoms with van der Waals surface area (Å²) in [5.41, 5.74) is 7.15. The third-order valence-corrected chi connectivity index (χ3v) is 5.57. The molecular formula is C21H27N5O4. The molecule has 9 nitrogen and oxygen atoms in total. The van der Waals surface area contributed by atoms with E-state index in [1.807, 2.05) is 4.90 Å². The van der Waals surface area contributed by atoms with Gasteiger partial charge in [-0.15, -0.1) is 0 Å². The maximum absolute atomic E-state index is 13.0. The second kappa shape index (κ2) is 8.74. The highest BCUT2D eigenvalue weighted by Crippen LogP contribution is 2.35. The van der Waals surface area contributed by atoms with E-state index in [-0.39, 0.29) is 11.8 Å². The van der Waals surface area contributed by atoms with Crippen LogP contribution in [-0.4, -0.2) is 72.8 Å². The lowest BCUT2D eigenvalue weighted by atomic mass is 9.89. The van der Waals surface area contributed by atoms with E-state index in [9.17, 15) is 4.79 Å². The Bertz CT molecular complexity index is 910. The maximum atomic E-state index is 13.0. The first kappa shape index (κ1) is 20.2. The fraction of sp³-hybridized carbons (Fsp3) is 0.476. The lowest BCUT2D eigenvalue weighted by Gasteiger charge is -2.32. The van der Waals surface area contributed by atoms with Gasteiger partial charge in [-0.1, -0.05) is 0 Å². The van der Waals surface area contributed by atoms with E-state index in [0.717, 1.165) is 37.2 Å². The fourth-order valence-corrected chi connectivity index (χ4v) is 3.67. The quantitative estimate of drug-likeness (QED) is 0.685. The van der Waals surface area contributed by atoms with Crippen molar-refractivity contribution in [2.75, 3.05) is 52.9 Å². The SMILES string of the molecule is COc1cc(C(=O)N2CCC(c3cnc(N)cc3OC)CC2)ncc1OCN1CC1. The van der Waals surface area contributed by atoms with Crippen molar-refractivity contribution >= 4 is 11.7 Å². The van der Waals surface area contributed by atoms with E-state index in [0.29, 0.717) is 42.8 Å². The molecule has 2 aliphatic heterocycles. The monoisotopic (exact) mass is 413 g/mol. The Morgan fingerprint density at radius 3 is 2.43 bits per heavy atom. The number of ether oxygens (including phenoxy) is 3. The molecule has 2 aliphatic rings. The number of piperidine rings is 1. The molecule has 160 valence electrons. The van der Waals surface area contributed by atoms with Crippen LogP contribution in [-0.2, 0) is 0 Å². The van der Waals surface area contributed by atoms with Crippen LogP contribution >= 0.6 is 0 Å². The van der Waals surface area contributed by atoms with Crippen molar-refractivity contribution in [2.24, 2.45) is 0 Å². The van der Waals surface area contributed by atoms with Gasteiger partial charge >= 0.3 is 0 Å². The molecule has 0 spiro atoms. The average molecular weight is 413 g/mol. The van der Waals surface area contributed by atoms with Gasteiger partial charge in [0.2, 0.25) is 0 Å². The predicted molar refractivity (Wildman–Crippen MR) is 111 cm³/mol. The number of aromatic nitrogens is 2. The minimum atomic E-state index is -0.105. The number of nitrogens with zero attached hydrogens (tertiary/aromatic N) is 4. The van der Waals surface area contributed by atoms with Crippen molar-refractivity contribution in [3.63, 3.8) is 0 Å². The molecule has 2 aromatic rings. The summed E-state index contributed by atoms with van der Waals surface area (Å²) in [6.45, 7) is 3.85. The smallest absolute Gasteiger partial charge is 0.272 e. The highest BCUT2D eigenvalue weighted by atomic mass is 16.5. The Morgan fingerprint density at radius 2 is 1.77 bits per heavy atom. The lowest BCUT2D eigenvalue weighted by molar-refractivity contribution is 0.0706. The van der Waals surface area contributed by atoms with E-state index >= 15 is 0 Å².